The van der Waals surface area contributed by atoms with Crippen LogP contribution < -0.4 is 5.32 Å². The molecule has 8 heteroatoms. The average Bonchev–Trinajstić information content (AvgIpc) is 2.56. The van der Waals surface area contributed by atoms with E-state index in [1.165, 1.54) is 0 Å². The zero-order valence-electron chi connectivity index (χ0n) is 6.72. The first-order valence-electron chi connectivity index (χ1n) is 3.50. The normalized spacial score (nSPS) is 18.2. The highest BCUT2D eigenvalue weighted by molar-refractivity contribution is 6.59. The second kappa shape index (κ2) is 4.72. The molecule has 1 fully saturated rings. The van der Waals surface area contributed by atoms with E-state index in [4.69, 9.17) is 39.5 Å². The molecule has 0 aromatic heterocycles. The van der Waals surface area contributed by atoms with Crippen molar-refractivity contribution < 1.29 is 9.66 Å². The quantitative estimate of drug-likeness (QED) is 0.608. The molecule has 1 N–H and O–H groups in total. The van der Waals surface area contributed by atoms with Crippen LogP contribution in [-0.2, 0) is 4.74 Å². The lowest BCUT2D eigenvalue weighted by Gasteiger charge is -2.01. The lowest BCUT2D eigenvalue weighted by Crippen LogP contribution is -2.13. The van der Waals surface area contributed by atoms with Gasteiger partial charge in [0.15, 0.2) is 5.03 Å². The van der Waals surface area contributed by atoms with Crippen LogP contribution in [0.25, 0.3) is 0 Å². The Hall–Kier alpha value is -0.650. The molecule has 0 bridgehead atoms. The van der Waals surface area contributed by atoms with E-state index in [2.05, 4.69) is 5.32 Å². The fourth-order valence-corrected chi connectivity index (χ4v) is 1.21. The fourth-order valence-electron chi connectivity index (χ4n) is 0.873. The fraction of sp³-hybridized carbons (Fsp3) is 0.333. The second-order valence-electron chi connectivity index (χ2n) is 2.28. The Kier molecular flexibility index (Phi) is 3.86. The molecule has 1 heterocycles. The highest BCUT2D eigenvalue weighted by Crippen LogP contribution is 2.27. The molecule has 14 heavy (non-hydrogen) atoms. The van der Waals surface area contributed by atoms with Crippen molar-refractivity contribution in [1.82, 2.24) is 5.32 Å². The van der Waals surface area contributed by atoms with Crippen LogP contribution in [0.1, 0.15) is 0 Å². The van der Waals surface area contributed by atoms with Crippen molar-refractivity contribution in [2.45, 2.75) is 0 Å². The molecule has 0 unspecified atom stereocenters. The van der Waals surface area contributed by atoms with E-state index >= 15 is 0 Å². The summed E-state index contributed by atoms with van der Waals surface area (Å²) in [5.74, 6) is -0.0150. The number of ether oxygens (including phenoxy) is 1. The minimum absolute atomic E-state index is 0.0150. The summed E-state index contributed by atoms with van der Waals surface area (Å²) in [6.45, 7) is 0.827. The van der Waals surface area contributed by atoms with Gasteiger partial charge in [0.05, 0.1) is 11.5 Å². The van der Waals surface area contributed by atoms with Gasteiger partial charge >= 0.3 is 5.70 Å². The zero-order valence-corrected chi connectivity index (χ0v) is 8.99. The maximum absolute atomic E-state index is 10.6. The minimum atomic E-state index is -0.708. The van der Waals surface area contributed by atoms with Crippen LogP contribution >= 0.6 is 34.8 Å². The highest BCUT2D eigenvalue weighted by atomic mass is 35.5. The number of hydrogen-bond acceptors (Lipinski definition) is 4. The Morgan fingerprint density at radius 1 is 1.50 bits per heavy atom. The number of nitro groups is 1. The molecule has 1 saturated heterocycles. The van der Waals surface area contributed by atoms with Gasteiger partial charge in [-0.15, -0.1) is 0 Å². The van der Waals surface area contributed by atoms with Gasteiger partial charge in [-0.3, -0.25) is 10.1 Å². The third-order valence-electron chi connectivity index (χ3n) is 1.41. The van der Waals surface area contributed by atoms with E-state index in [0.717, 1.165) is 0 Å². The van der Waals surface area contributed by atoms with Crippen molar-refractivity contribution in [2.75, 3.05) is 13.2 Å². The average molecular weight is 259 g/mol. The smallest absolute Gasteiger partial charge is 0.349 e. The summed E-state index contributed by atoms with van der Waals surface area (Å²) in [5.41, 5.74) is -0.454. The Morgan fingerprint density at radius 3 is 2.50 bits per heavy atom. The maximum Gasteiger partial charge on any atom is 0.349 e. The molecule has 0 aliphatic carbocycles. The van der Waals surface area contributed by atoms with Crippen LogP contribution in [-0.4, -0.2) is 18.1 Å². The van der Waals surface area contributed by atoms with Gasteiger partial charge in [0.25, 0.3) is 5.88 Å². The Morgan fingerprint density at radius 2 is 2.14 bits per heavy atom. The first-order valence-corrected chi connectivity index (χ1v) is 4.64. The van der Waals surface area contributed by atoms with Crippen LogP contribution in [0.3, 0.4) is 0 Å². The van der Waals surface area contributed by atoms with Gasteiger partial charge in [0, 0.05) is 0 Å². The monoisotopic (exact) mass is 258 g/mol. The summed E-state index contributed by atoms with van der Waals surface area (Å²) in [7, 11) is 0. The molecule has 0 aromatic carbocycles. The Labute approximate surface area is 94.4 Å². The van der Waals surface area contributed by atoms with Crippen LogP contribution in [0.5, 0.6) is 0 Å². The number of nitrogens with zero attached hydrogens (tertiary/aromatic N) is 1. The van der Waals surface area contributed by atoms with Crippen LogP contribution in [0.2, 0.25) is 0 Å². The Bertz CT molecular complexity index is 314. The van der Waals surface area contributed by atoms with E-state index < -0.39 is 10.6 Å². The second-order valence-corrected chi connectivity index (χ2v) is 3.61. The molecule has 0 spiro atoms. The predicted octanol–water partition coefficient (Wildman–Crippen LogP) is 1.94. The van der Waals surface area contributed by atoms with Crippen molar-refractivity contribution in [3.63, 3.8) is 0 Å². The van der Waals surface area contributed by atoms with Crippen molar-refractivity contribution in [2.24, 2.45) is 0 Å². The molecule has 78 valence electrons. The van der Waals surface area contributed by atoms with Crippen molar-refractivity contribution in [1.29, 1.82) is 0 Å². The number of rotatable bonds is 2. The van der Waals surface area contributed by atoms with Gasteiger partial charge in [0.1, 0.15) is 11.1 Å². The predicted molar refractivity (Wildman–Crippen MR) is 52.6 cm³/mol. The molecule has 0 radical (unpaired) electrons. The highest BCUT2D eigenvalue weighted by Gasteiger charge is 2.28. The third kappa shape index (κ3) is 2.43. The van der Waals surface area contributed by atoms with E-state index in [1.54, 1.807) is 0 Å². The molecule has 0 atom stereocenters. The van der Waals surface area contributed by atoms with Gasteiger partial charge in [0.2, 0.25) is 0 Å². The van der Waals surface area contributed by atoms with Crippen molar-refractivity contribution in [3.8, 4) is 0 Å². The Balaban J connectivity index is 3.13. The SMILES string of the molecule is O=[N+]([O-])/C(C(Cl)=C(Cl)Cl)=C1/NCCO1. The zero-order chi connectivity index (χ0) is 10.7. The van der Waals surface area contributed by atoms with Gasteiger partial charge in [-0.05, 0) is 0 Å². The number of nitrogens with one attached hydrogen (secondary N) is 1. The standard InChI is InChI=1S/C6H5Cl3N2O3/c7-3(5(8)9)4(11(12)13)6-10-1-2-14-6/h10H,1-2H2/b6-4-. The van der Waals surface area contributed by atoms with E-state index in [0.29, 0.717) is 13.2 Å². The molecule has 5 nitrogen and oxygen atoms in total. The number of hydrogen-bond donors (Lipinski definition) is 1. The van der Waals surface area contributed by atoms with Crippen LogP contribution in [0.4, 0.5) is 0 Å². The lowest BCUT2D eigenvalue weighted by molar-refractivity contribution is -0.423. The summed E-state index contributed by atoms with van der Waals surface area (Å²) < 4.78 is 4.57. The molecule has 0 aromatic rings. The van der Waals surface area contributed by atoms with Gasteiger partial charge < -0.3 is 10.1 Å². The van der Waals surface area contributed by atoms with Gasteiger partial charge in [-0.25, -0.2) is 0 Å². The summed E-state index contributed by atoms with van der Waals surface area (Å²) in [6.07, 6.45) is 0. The molecule has 0 saturated carbocycles. The molecular weight excluding hydrogens is 254 g/mol. The number of allylic oxidation sites excluding steroid dienone is 1. The summed E-state index contributed by atoms with van der Waals surface area (Å²) in [5, 5.41) is 12.9. The summed E-state index contributed by atoms with van der Waals surface area (Å²) in [4.78, 5) is 9.92. The maximum atomic E-state index is 10.6. The molecular formula is C6H5Cl3N2O3. The lowest BCUT2D eigenvalue weighted by atomic mass is 10.4. The molecule has 1 rings (SSSR count). The third-order valence-corrected chi connectivity index (χ3v) is 2.34. The molecule has 0 amide bonds. The molecule has 1 aliphatic heterocycles. The van der Waals surface area contributed by atoms with E-state index in [1.807, 2.05) is 0 Å². The van der Waals surface area contributed by atoms with E-state index in [9.17, 15) is 10.1 Å². The first kappa shape index (κ1) is 11.4. The van der Waals surface area contributed by atoms with Crippen LogP contribution in [0.15, 0.2) is 21.1 Å². The summed E-state index contributed by atoms with van der Waals surface area (Å²) >= 11 is 16.2. The van der Waals surface area contributed by atoms with Crippen molar-refractivity contribution >= 4 is 34.8 Å². The first-order chi connectivity index (χ1) is 6.54. The van der Waals surface area contributed by atoms with Gasteiger partial charge in [-0.1, -0.05) is 34.8 Å². The van der Waals surface area contributed by atoms with Crippen molar-refractivity contribution in [3.05, 3.63) is 31.2 Å². The number of halogens is 3. The largest absolute Gasteiger partial charge is 0.472 e. The van der Waals surface area contributed by atoms with E-state index in [-0.39, 0.29) is 15.4 Å². The van der Waals surface area contributed by atoms with Crippen LogP contribution in [0, 0.1) is 10.1 Å². The topological polar surface area (TPSA) is 64.4 Å². The molecule has 1 aliphatic rings. The summed E-state index contributed by atoms with van der Waals surface area (Å²) in [6, 6.07) is 0. The van der Waals surface area contributed by atoms with Gasteiger partial charge in [-0.2, -0.15) is 0 Å². The minimum Gasteiger partial charge on any atom is -0.472 e.